The summed E-state index contributed by atoms with van der Waals surface area (Å²) >= 11 is 10.9. The Morgan fingerprint density at radius 3 is 2.81 bits per heavy atom. The van der Waals surface area contributed by atoms with E-state index in [1.165, 1.54) is 18.2 Å². The van der Waals surface area contributed by atoms with E-state index in [1.807, 2.05) is 6.92 Å². The normalized spacial score (nSPS) is 9.62. The van der Waals surface area contributed by atoms with Crippen LogP contribution < -0.4 is 10.6 Å². The van der Waals surface area contributed by atoms with Gasteiger partial charge in [0.25, 0.3) is 0 Å². The highest BCUT2D eigenvalue weighted by Crippen LogP contribution is 2.22. The standard InChI is InChI=1S/C10H11ClN2O2S/c1-2-12-10(16)13-8-5-6(9(14)15)3-4-7(8)11/h3-5H,2H2,1H3,(H,14,15)(H2,12,13,16). The summed E-state index contributed by atoms with van der Waals surface area (Å²) in [5.41, 5.74) is 0.638. The molecule has 0 aromatic heterocycles. The van der Waals surface area contributed by atoms with Crippen molar-refractivity contribution in [2.75, 3.05) is 11.9 Å². The summed E-state index contributed by atoms with van der Waals surface area (Å²) in [5, 5.41) is 15.4. The van der Waals surface area contributed by atoms with E-state index in [9.17, 15) is 4.79 Å². The first-order chi connectivity index (χ1) is 7.54. The molecule has 4 nitrogen and oxygen atoms in total. The summed E-state index contributed by atoms with van der Waals surface area (Å²) in [6, 6.07) is 4.39. The van der Waals surface area contributed by atoms with Gasteiger partial charge >= 0.3 is 5.97 Å². The first kappa shape index (κ1) is 12.7. The number of aromatic carboxylic acids is 1. The number of nitrogens with one attached hydrogen (secondary N) is 2. The number of thiocarbonyl (C=S) groups is 1. The molecule has 86 valence electrons. The molecule has 0 radical (unpaired) electrons. The smallest absolute Gasteiger partial charge is 0.335 e. The fourth-order valence-corrected chi connectivity index (χ4v) is 1.50. The lowest BCUT2D eigenvalue weighted by Gasteiger charge is -2.10. The monoisotopic (exact) mass is 258 g/mol. The van der Waals surface area contributed by atoms with Crippen LogP contribution in [0, 0.1) is 0 Å². The van der Waals surface area contributed by atoms with Crippen LogP contribution >= 0.6 is 23.8 Å². The number of benzene rings is 1. The Hall–Kier alpha value is -1.33. The molecule has 0 atom stereocenters. The SMILES string of the molecule is CCNC(=S)Nc1cc(C(=O)O)ccc1Cl. The van der Waals surface area contributed by atoms with Crippen molar-refractivity contribution in [3.63, 3.8) is 0 Å². The quantitative estimate of drug-likeness (QED) is 0.727. The van der Waals surface area contributed by atoms with Crippen molar-refractivity contribution in [2.24, 2.45) is 0 Å². The van der Waals surface area contributed by atoms with Crippen LogP contribution in [0.5, 0.6) is 0 Å². The van der Waals surface area contributed by atoms with Gasteiger partial charge in [-0.1, -0.05) is 11.6 Å². The van der Waals surface area contributed by atoms with Crippen molar-refractivity contribution in [3.8, 4) is 0 Å². The second-order valence-electron chi connectivity index (χ2n) is 2.98. The molecule has 0 aliphatic rings. The van der Waals surface area contributed by atoms with Gasteiger partial charge < -0.3 is 15.7 Å². The molecule has 0 bridgehead atoms. The molecule has 0 fully saturated rings. The van der Waals surface area contributed by atoms with Crippen molar-refractivity contribution in [3.05, 3.63) is 28.8 Å². The van der Waals surface area contributed by atoms with Gasteiger partial charge in [-0.05, 0) is 37.3 Å². The molecule has 0 heterocycles. The van der Waals surface area contributed by atoms with Crippen molar-refractivity contribution < 1.29 is 9.90 Å². The first-order valence-corrected chi connectivity index (χ1v) is 5.41. The van der Waals surface area contributed by atoms with E-state index < -0.39 is 5.97 Å². The molecule has 1 aromatic carbocycles. The van der Waals surface area contributed by atoms with Crippen LogP contribution in [0.2, 0.25) is 5.02 Å². The number of rotatable bonds is 3. The number of hydrogen-bond donors (Lipinski definition) is 3. The lowest BCUT2D eigenvalue weighted by Crippen LogP contribution is -2.28. The minimum Gasteiger partial charge on any atom is -0.478 e. The second kappa shape index (κ2) is 5.67. The van der Waals surface area contributed by atoms with Crippen molar-refractivity contribution >= 4 is 40.6 Å². The zero-order valence-corrected chi connectivity index (χ0v) is 10.2. The lowest BCUT2D eigenvalue weighted by molar-refractivity contribution is 0.0697. The average Bonchev–Trinajstić information content (AvgIpc) is 2.21. The number of hydrogen-bond acceptors (Lipinski definition) is 2. The van der Waals surface area contributed by atoms with Crippen LogP contribution in [-0.2, 0) is 0 Å². The fourth-order valence-electron chi connectivity index (χ4n) is 1.08. The van der Waals surface area contributed by atoms with Crippen molar-refractivity contribution in [1.29, 1.82) is 0 Å². The highest BCUT2D eigenvalue weighted by molar-refractivity contribution is 7.80. The summed E-state index contributed by atoms with van der Waals surface area (Å²) in [5.74, 6) is -1.01. The average molecular weight is 259 g/mol. The molecule has 0 saturated carbocycles. The first-order valence-electron chi connectivity index (χ1n) is 4.62. The van der Waals surface area contributed by atoms with Crippen LogP contribution in [-0.4, -0.2) is 22.7 Å². The molecule has 16 heavy (non-hydrogen) atoms. The van der Waals surface area contributed by atoms with Crippen LogP contribution in [0.25, 0.3) is 0 Å². The number of carboxylic acid groups (broad SMARTS) is 1. The van der Waals surface area contributed by atoms with Gasteiger partial charge in [0, 0.05) is 6.54 Å². The molecule has 6 heteroatoms. The van der Waals surface area contributed by atoms with Gasteiger partial charge in [-0.25, -0.2) is 4.79 Å². The Labute approximate surface area is 104 Å². The molecular formula is C10H11ClN2O2S. The van der Waals surface area contributed by atoms with E-state index in [0.29, 0.717) is 22.4 Å². The van der Waals surface area contributed by atoms with Gasteiger partial charge in [0.1, 0.15) is 0 Å². The number of halogens is 1. The number of carboxylic acids is 1. The molecule has 0 aliphatic carbocycles. The zero-order valence-electron chi connectivity index (χ0n) is 8.58. The van der Waals surface area contributed by atoms with Crippen LogP contribution in [0.15, 0.2) is 18.2 Å². The van der Waals surface area contributed by atoms with Gasteiger partial charge in [-0.15, -0.1) is 0 Å². The molecule has 0 unspecified atom stereocenters. The Bertz CT molecular complexity index is 423. The molecule has 1 aromatic rings. The van der Waals surface area contributed by atoms with Crippen molar-refractivity contribution in [1.82, 2.24) is 5.32 Å². The number of carbonyl (C=O) groups is 1. The third-order valence-corrected chi connectivity index (χ3v) is 2.37. The molecule has 0 saturated heterocycles. The minimum absolute atomic E-state index is 0.159. The van der Waals surface area contributed by atoms with Crippen LogP contribution in [0.4, 0.5) is 5.69 Å². The summed E-state index contributed by atoms with van der Waals surface area (Å²) in [6.07, 6.45) is 0. The maximum absolute atomic E-state index is 10.8. The number of anilines is 1. The van der Waals surface area contributed by atoms with E-state index in [2.05, 4.69) is 10.6 Å². The third kappa shape index (κ3) is 3.36. The molecular weight excluding hydrogens is 248 g/mol. The molecule has 0 amide bonds. The molecule has 0 spiro atoms. The topological polar surface area (TPSA) is 61.4 Å². The Balaban J connectivity index is 2.90. The van der Waals surface area contributed by atoms with Gasteiger partial charge in [-0.3, -0.25) is 0 Å². The predicted octanol–water partition coefficient (Wildman–Crippen LogP) is 2.34. The van der Waals surface area contributed by atoms with E-state index in [1.54, 1.807) is 0 Å². The maximum atomic E-state index is 10.8. The lowest BCUT2D eigenvalue weighted by atomic mass is 10.2. The van der Waals surface area contributed by atoms with Crippen LogP contribution in [0.3, 0.4) is 0 Å². The minimum atomic E-state index is -1.01. The highest BCUT2D eigenvalue weighted by atomic mass is 35.5. The van der Waals surface area contributed by atoms with E-state index >= 15 is 0 Å². The summed E-state index contributed by atoms with van der Waals surface area (Å²) in [6.45, 7) is 2.59. The summed E-state index contributed by atoms with van der Waals surface area (Å²) < 4.78 is 0. The maximum Gasteiger partial charge on any atom is 0.335 e. The van der Waals surface area contributed by atoms with Gasteiger partial charge in [-0.2, -0.15) is 0 Å². The van der Waals surface area contributed by atoms with E-state index in [0.717, 1.165) is 0 Å². The van der Waals surface area contributed by atoms with Gasteiger partial charge in [0.15, 0.2) is 5.11 Å². The zero-order chi connectivity index (χ0) is 12.1. The fraction of sp³-hybridized carbons (Fsp3) is 0.200. The van der Waals surface area contributed by atoms with Crippen LogP contribution in [0.1, 0.15) is 17.3 Å². The highest BCUT2D eigenvalue weighted by Gasteiger charge is 2.07. The Morgan fingerprint density at radius 1 is 1.56 bits per heavy atom. The Kier molecular flexibility index (Phi) is 4.52. The molecule has 0 aliphatic heterocycles. The summed E-state index contributed by atoms with van der Waals surface area (Å²) in [7, 11) is 0. The molecule has 3 N–H and O–H groups in total. The molecule has 1 rings (SSSR count). The Morgan fingerprint density at radius 2 is 2.25 bits per heavy atom. The third-order valence-electron chi connectivity index (χ3n) is 1.80. The second-order valence-corrected chi connectivity index (χ2v) is 3.80. The van der Waals surface area contributed by atoms with Gasteiger partial charge in [0.05, 0.1) is 16.3 Å². The largest absolute Gasteiger partial charge is 0.478 e. The van der Waals surface area contributed by atoms with E-state index in [-0.39, 0.29) is 5.56 Å². The predicted molar refractivity (Wildman–Crippen MR) is 68.3 cm³/mol. The van der Waals surface area contributed by atoms with Crippen molar-refractivity contribution in [2.45, 2.75) is 6.92 Å². The van der Waals surface area contributed by atoms with Gasteiger partial charge in [0.2, 0.25) is 0 Å². The summed E-state index contributed by atoms with van der Waals surface area (Å²) in [4.78, 5) is 10.8. The van der Waals surface area contributed by atoms with E-state index in [4.69, 9.17) is 28.9 Å².